The second-order valence-corrected chi connectivity index (χ2v) is 11.1. The van der Waals surface area contributed by atoms with Gasteiger partial charge in [0.25, 0.3) is 0 Å². The number of aryl methyl sites for hydroxylation is 2. The van der Waals surface area contributed by atoms with Gasteiger partial charge in [0.2, 0.25) is 0 Å². The van der Waals surface area contributed by atoms with E-state index in [4.69, 9.17) is 32.9 Å². The average Bonchev–Trinajstić information content (AvgIpc) is 3.17. The number of benzene rings is 2. The van der Waals surface area contributed by atoms with Crippen LogP contribution in [0.25, 0.3) is 10.6 Å². The highest BCUT2D eigenvalue weighted by molar-refractivity contribution is 7.15. The van der Waals surface area contributed by atoms with E-state index >= 15 is 0 Å². The maximum atomic E-state index is 10.9. The van der Waals surface area contributed by atoms with Gasteiger partial charge >= 0.3 is 0 Å². The number of halogens is 2. The van der Waals surface area contributed by atoms with E-state index in [0.717, 1.165) is 27.4 Å². The molecular formula is C26H31Cl2NO3S. The molecule has 3 rings (SSSR count). The predicted molar refractivity (Wildman–Crippen MR) is 138 cm³/mol. The van der Waals surface area contributed by atoms with Crippen LogP contribution in [0.1, 0.15) is 67.8 Å². The number of hydrogen-bond acceptors (Lipinski definition) is 5. The zero-order valence-electron chi connectivity index (χ0n) is 19.7. The molecule has 33 heavy (non-hydrogen) atoms. The number of thiazole rings is 1. The Morgan fingerprint density at radius 2 is 1.85 bits per heavy atom. The van der Waals surface area contributed by atoms with E-state index in [1.807, 2.05) is 51.1 Å². The lowest BCUT2D eigenvalue weighted by Crippen LogP contribution is -2.32. The van der Waals surface area contributed by atoms with Crippen LogP contribution >= 0.6 is 34.5 Å². The zero-order chi connectivity index (χ0) is 24.3. The standard InChI is InChI=1S/C26H31Cl2NO3S/c1-15(2)24-21(29-25(33-24)19-8-7-18(27)13-20(19)28)9-10-22(31)17-6-11-23(16(3)12-17)32-26(4,5)14-30/h6-8,11-13,15,22,30-31H,9-10,14H2,1-5H3/t22-/m0/s1. The fraction of sp³-hybridized carbons (Fsp3) is 0.423. The van der Waals surface area contributed by atoms with Crippen molar-refractivity contribution in [2.75, 3.05) is 6.61 Å². The summed E-state index contributed by atoms with van der Waals surface area (Å²) in [6, 6.07) is 11.1. The first kappa shape index (κ1) is 26.0. The average molecular weight is 509 g/mol. The molecule has 0 aliphatic heterocycles. The van der Waals surface area contributed by atoms with Gasteiger partial charge in [-0.2, -0.15) is 0 Å². The molecule has 0 saturated heterocycles. The maximum absolute atomic E-state index is 10.9. The van der Waals surface area contributed by atoms with E-state index in [2.05, 4.69) is 13.8 Å². The van der Waals surface area contributed by atoms with Gasteiger partial charge in [0, 0.05) is 15.5 Å². The molecule has 4 nitrogen and oxygen atoms in total. The SMILES string of the molecule is Cc1cc([C@@H](O)CCc2nc(-c3ccc(Cl)cc3Cl)sc2C(C)C)ccc1OC(C)(C)CO. The molecule has 0 saturated carbocycles. The Morgan fingerprint density at radius 1 is 1.12 bits per heavy atom. The lowest BCUT2D eigenvalue weighted by Gasteiger charge is -2.25. The van der Waals surface area contributed by atoms with Gasteiger partial charge in [-0.15, -0.1) is 11.3 Å². The fourth-order valence-corrected chi connectivity index (χ4v) is 5.24. The Kier molecular flexibility index (Phi) is 8.46. The van der Waals surface area contributed by atoms with E-state index in [-0.39, 0.29) is 6.61 Å². The van der Waals surface area contributed by atoms with Crippen LogP contribution in [-0.2, 0) is 6.42 Å². The molecule has 0 spiro atoms. The molecule has 0 fully saturated rings. The first-order valence-electron chi connectivity index (χ1n) is 11.0. The molecule has 1 aromatic heterocycles. The third kappa shape index (κ3) is 6.49. The minimum Gasteiger partial charge on any atom is -0.485 e. The van der Waals surface area contributed by atoms with Gasteiger partial charge in [0.1, 0.15) is 16.4 Å². The summed E-state index contributed by atoms with van der Waals surface area (Å²) in [5, 5.41) is 22.4. The molecule has 0 radical (unpaired) electrons. The fourth-order valence-electron chi connectivity index (χ4n) is 3.54. The molecule has 1 atom stereocenters. The quantitative estimate of drug-likeness (QED) is 0.317. The van der Waals surface area contributed by atoms with Crippen LogP contribution in [0.3, 0.4) is 0 Å². The Hall–Kier alpha value is -1.63. The Labute approximate surface area is 210 Å². The van der Waals surface area contributed by atoms with Crippen molar-refractivity contribution in [3.8, 4) is 16.3 Å². The van der Waals surface area contributed by atoms with Crippen LogP contribution in [-0.4, -0.2) is 27.4 Å². The second-order valence-electron chi connectivity index (χ2n) is 9.21. The van der Waals surface area contributed by atoms with Crippen LogP contribution in [0.5, 0.6) is 5.75 Å². The molecule has 0 amide bonds. The van der Waals surface area contributed by atoms with Crippen LogP contribution in [0.15, 0.2) is 36.4 Å². The van der Waals surface area contributed by atoms with Crippen molar-refractivity contribution in [3.05, 3.63) is 68.1 Å². The molecule has 178 valence electrons. The summed E-state index contributed by atoms with van der Waals surface area (Å²) in [7, 11) is 0. The number of aliphatic hydroxyl groups excluding tert-OH is 2. The van der Waals surface area contributed by atoms with E-state index in [1.54, 1.807) is 17.4 Å². The van der Waals surface area contributed by atoms with E-state index in [1.165, 1.54) is 4.88 Å². The summed E-state index contributed by atoms with van der Waals surface area (Å²) in [5.74, 6) is 1.03. The topological polar surface area (TPSA) is 62.6 Å². The molecule has 2 aromatic carbocycles. The molecule has 0 unspecified atom stereocenters. The van der Waals surface area contributed by atoms with Crippen molar-refractivity contribution in [2.24, 2.45) is 0 Å². The molecule has 0 aliphatic rings. The van der Waals surface area contributed by atoms with Gasteiger partial charge in [0.15, 0.2) is 0 Å². The Morgan fingerprint density at radius 3 is 2.45 bits per heavy atom. The van der Waals surface area contributed by atoms with Crippen molar-refractivity contribution in [2.45, 2.75) is 65.1 Å². The lowest BCUT2D eigenvalue weighted by molar-refractivity contribution is 0.0406. The van der Waals surface area contributed by atoms with E-state index in [9.17, 15) is 10.2 Å². The van der Waals surface area contributed by atoms with Gasteiger partial charge in [0.05, 0.1) is 23.4 Å². The van der Waals surface area contributed by atoms with E-state index < -0.39 is 11.7 Å². The molecule has 0 bridgehead atoms. The molecule has 7 heteroatoms. The number of hydrogen-bond donors (Lipinski definition) is 2. The predicted octanol–water partition coefficient (Wildman–Crippen LogP) is 7.36. The summed E-state index contributed by atoms with van der Waals surface area (Å²) in [6.45, 7) is 9.83. The summed E-state index contributed by atoms with van der Waals surface area (Å²) in [4.78, 5) is 6.08. The van der Waals surface area contributed by atoms with Crippen LogP contribution in [0.2, 0.25) is 10.0 Å². The lowest BCUT2D eigenvalue weighted by atomic mass is 10.00. The van der Waals surface area contributed by atoms with E-state index in [0.29, 0.717) is 34.6 Å². The van der Waals surface area contributed by atoms with Crippen molar-refractivity contribution >= 4 is 34.5 Å². The number of nitrogens with zero attached hydrogens (tertiary/aromatic N) is 1. The van der Waals surface area contributed by atoms with Crippen LogP contribution in [0, 0.1) is 6.92 Å². The highest BCUT2D eigenvalue weighted by Crippen LogP contribution is 2.38. The minimum atomic E-state index is -0.659. The number of ether oxygens (including phenoxy) is 1. The summed E-state index contributed by atoms with van der Waals surface area (Å²) >= 11 is 14.1. The normalized spacial score (nSPS) is 12.9. The largest absolute Gasteiger partial charge is 0.485 e. The number of aromatic nitrogens is 1. The zero-order valence-corrected chi connectivity index (χ0v) is 22.0. The van der Waals surface area contributed by atoms with Gasteiger partial charge in [-0.1, -0.05) is 43.1 Å². The van der Waals surface area contributed by atoms with Gasteiger partial charge in [-0.05, 0) is 81.0 Å². The third-order valence-corrected chi connectivity index (χ3v) is 7.40. The maximum Gasteiger partial charge on any atom is 0.126 e. The Balaban J connectivity index is 1.76. The summed E-state index contributed by atoms with van der Waals surface area (Å²) < 4.78 is 5.89. The first-order valence-corrected chi connectivity index (χ1v) is 12.6. The number of rotatable bonds is 9. The highest BCUT2D eigenvalue weighted by Gasteiger charge is 2.21. The smallest absolute Gasteiger partial charge is 0.126 e. The summed E-state index contributed by atoms with van der Waals surface area (Å²) in [6.07, 6.45) is 0.595. The van der Waals surface area contributed by atoms with Crippen LogP contribution in [0.4, 0.5) is 0 Å². The molecule has 1 heterocycles. The summed E-state index contributed by atoms with van der Waals surface area (Å²) in [5.41, 5.74) is 2.97. The monoisotopic (exact) mass is 507 g/mol. The van der Waals surface area contributed by atoms with Gasteiger partial charge < -0.3 is 14.9 Å². The van der Waals surface area contributed by atoms with Crippen LogP contribution < -0.4 is 4.74 Å². The van der Waals surface area contributed by atoms with Gasteiger partial charge in [-0.25, -0.2) is 4.98 Å². The Bertz CT molecular complexity index is 1110. The van der Waals surface area contributed by atoms with Crippen molar-refractivity contribution in [1.82, 2.24) is 4.98 Å². The number of aliphatic hydroxyl groups is 2. The first-order chi connectivity index (χ1) is 15.5. The molecule has 0 aliphatic carbocycles. The molecular weight excluding hydrogens is 477 g/mol. The second kappa shape index (κ2) is 10.7. The van der Waals surface area contributed by atoms with Crippen molar-refractivity contribution < 1.29 is 14.9 Å². The van der Waals surface area contributed by atoms with Crippen molar-refractivity contribution in [1.29, 1.82) is 0 Å². The van der Waals surface area contributed by atoms with Crippen molar-refractivity contribution in [3.63, 3.8) is 0 Å². The molecule has 2 N–H and O–H groups in total. The third-order valence-electron chi connectivity index (χ3n) is 5.42. The minimum absolute atomic E-state index is 0.0775. The van der Waals surface area contributed by atoms with Gasteiger partial charge in [-0.3, -0.25) is 0 Å². The molecule has 3 aromatic rings. The highest BCUT2D eigenvalue weighted by atomic mass is 35.5.